The minimum absolute atomic E-state index is 0.525. The Hall–Kier alpha value is -1.77. The van der Waals surface area contributed by atoms with E-state index in [2.05, 4.69) is 0 Å². The van der Waals surface area contributed by atoms with E-state index in [-0.39, 0.29) is 0 Å². The second kappa shape index (κ2) is 5.20. The van der Waals surface area contributed by atoms with Crippen LogP contribution in [-0.4, -0.2) is 20.5 Å². The van der Waals surface area contributed by atoms with E-state index < -0.39 is 0 Å². The van der Waals surface area contributed by atoms with Gasteiger partial charge in [0.15, 0.2) is 6.29 Å². The Morgan fingerprint density at radius 2 is 1.93 bits per heavy atom. The topological polar surface area (TPSA) is 35.5 Å². The van der Waals surface area contributed by atoms with Crippen LogP contribution in [0.5, 0.6) is 11.5 Å². The molecule has 3 nitrogen and oxygen atoms in total. The van der Waals surface area contributed by atoms with Gasteiger partial charge in [0.2, 0.25) is 0 Å². The standard InChI is InChI=1S/C12H14O3/c1-4-5-9-6-10(14-2)7-12(15-3)11(9)8-13/h4-8H,1-3H3. The molecule has 0 atom stereocenters. The molecule has 0 bridgehead atoms. The van der Waals surface area contributed by atoms with Crippen LogP contribution in [0.2, 0.25) is 0 Å². The van der Waals surface area contributed by atoms with Gasteiger partial charge in [0, 0.05) is 6.07 Å². The molecular formula is C12H14O3. The fraction of sp³-hybridized carbons (Fsp3) is 0.250. The first-order valence-corrected chi connectivity index (χ1v) is 4.60. The van der Waals surface area contributed by atoms with Gasteiger partial charge in [0.1, 0.15) is 11.5 Å². The van der Waals surface area contributed by atoms with Crippen LogP contribution >= 0.6 is 0 Å². The van der Waals surface area contributed by atoms with E-state index in [4.69, 9.17) is 9.47 Å². The summed E-state index contributed by atoms with van der Waals surface area (Å²) in [6.07, 6.45) is 4.49. The number of allylic oxidation sites excluding steroid dienone is 1. The van der Waals surface area contributed by atoms with Gasteiger partial charge in [-0.1, -0.05) is 12.2 Å². The number of methoxy groups -OCH3 is 2. The quantitative estimate of drug-likeness (QED) is 0.710. The van der Waals surface area contributed by atoms with Gasteiger partial charge < -0.3 is 9.47 Å². The van der Waals surface area contributed by atoms with E-state index in [0.29, 0.717) is 17.1 Å². The molecule has 0 spiro atoms. The highest BCUT2D eigenvalue weighted by Gasteiger charge is 2.09. The number of aldehydes is 1. The highest BCUT2D eigenvalue weighted by molar-refractivity contribution is 5.86. The Labute approximate surface area is 89.3 Å². The normalized spacial score (nSPS) is 10.3. The van der Waals surface area contributed by atoms with Gasteiger partial charge in [-0.05, 0) is 18.6 Å². The minimum Gasteiger partial charge on any atom is -0.497 e. The molecule has 3 heteroatoms. The molecular weight excluding hydrogens is 192 g/mol. The van der Waals surface area contributed by atoms with Crippen molar-refractivity contribution in [1.82, 2.24) is 0 Å². The van der Waals surface area contributed by atoms with E-state index in [1.165, 1.54) is 7.11 Å². The third-order valence-electron chi connectivity index (χ3n) is 2.07. The van der Waals surface area contributed by atoms with Gasteiger partial charge in [-0.15, -0.1) is 0 Å². The lowest BCUT2D eigenvalue weighted by Gasteiger charge is -2.09. The van der Waals surface area contributed by atoms with Crippen LogP contribution in [0.25, 0.3) is 6.08 Å². The Balaban J connectivity index is 3.38. The summed E-state index contributed by atoms with van der Waals surface area (Å²) < 4.78 is 10.2. The lowest BCUT2D eigenvalue weighted by atomic mass is 10.1. The maximum absolute atomic E-state index is 10.9. The number of hydrogen-bond acceptors (Lipinski definition) is 3. The highest BCUT2D eigenvalue weighted by atomic mass is 16.5. The molecule has 80 valence electrons. The summed E-state index contributed by atoms with van der Waals surface area (Å²) in [6, 6.07) is 3.49. The lowest BCUT2D eigenvalue weighted by molar-refractivity contribution is 0.112. The van der Waals surface area contributed by atoms with Crippen molar-refractivity contribution in [2.24, 2.45) is 0 Å². The second-order valence-electron chi connectivity index (χ2n) is 2.95. The van der Waals surface area contributed by atoms with E-state index >= 15 is 0 Å². The summed E-state index contributed by atoms with van der Waals surface area (Å²) in [5, 5.41) is 0. The first-order valence-electron chi connectivity index (χ1n) is 4.60. The molecule has 0 fully saturated rings. The summed E-state index contributed by atoms with van der Waals surface area (Å²) in [4.78, 5) is 10.9. The monoisotopic (exact) mass is 206 g/mol. The van der Waals surface area contributed by atoms with Crippen LogP contribution in [-0.2, 0) is 0 Å². The van der Waals surface area contributed by atoms with Crippen LogP contribution in [0.4, 0.5) is 0 Å². The molecule has 0 aliphatic heterocycles. The van der Waals surface area contributed by atoms with Crippen molar-refractivity contribution < 1.29 is 14.3 Å². The third kappa shape index (κ3) is 2.37. The molecule has 0 N–H and O–H groups in total. The average Bonchev–Trinajstić information content (AvgIpc) is 2.28. The van der Waals surface area contributed by atoms with Gasteiger partial charge in [-0.25, -0.2) is 0 Å². The van der Waals surface area contributed by atoms with Crippen LogP contribution in [0.3, 0.4) is 0 Å². The molecule has 1 rings (SSSR count). The number of rotatable bonds is 4. The van der Waals surface area contributed by atoms with Crippen molar-refractivity contribution in [3.63, 3.8) is 0 Å². The molecule has 15 heavy (non-hydrogen) atoms. The lowest BCUT2D eigenvalue weighted by Crippen LogP contribution is -1.95. The molecule has 0 heterocycles. The first-order chi connectivity index (χ1) is 7.26. The summed E-state index contributed by atoms with van der Waals surface area (Å²) in [6.45, 7) is 1.89. The van der Waals surface area contributed by atoms with Crippen molar-refractivity contribution in [2.45, 2.75) is 6.92 Å². The molecule has 0 saturated heterocycles. The molecule has 0 aromatic heterocycles. The van der Waals surface area contributed by atoms with E-state index in [0.717, 1.165) is 11.8 Å². The Morgan fingerprint density at radius 1 is 1.20 bits per heavy atom. The van der Waals surface area contributed by atoms with E-state index in [9.17, 15) is 4.79 Å². The zero-order chi connectivity index (χ0) is 11.3. The summed E-state index contributed by atoms with van der Waals surface area (Å²) in [5.41, 5.74) is 1.33. The Kier molecular flexibility index (Phi) is 3.92. The smallest absolute Gasteiger partial charge is 0.154 e. The predicted octanol–water partition coefficient (Wildman–Crippen LogP) is 2.55. The summed E-state index contributed by atoms with van der Waals surface area (Å²) in [7, 11) is 3.11. The number of benzene rings is 1. The zero-order valence-corrected chi connectivity index (χ0v) is 9.11. The van der Waals surface area contributed by atoms with Crippen molar-refractivity contribution in [2.75, 3.05) is 14.2 Å². The van der Waals surface area contributed by atoms with Gasteiger partial charge in [-0.2, -0.15) is 0 Å². The molecule has 0 unspecified atom stereocenters. The largest absolute Gasteiger partial charge is 0.497 e. The maximum Gasteiger partial charge on any atom is 0.154 e. The number of carbonyl (C=O) groups is 1. The fourth-order valence-corrected chi connectivity index (χ4v) is 1.35. The predicted molar refractivity (Wildman–Crippen MR) is 59.6 cm³/mol. The van der Waals surface area contributed by atoms with E-state index in [1.54, 1.807) is 19.2 Å². The second-order valence-corrected chi connectivity index (χ2v) is 2.95. The summed E-state index contributed by atoms with van der Waals surface area (Å²) >= 11 is 0. The van der Waals surface area contributed by atoms with Crippen molar-refractivity contribution in [1.29, 1.82) is 0 Å². The molecule has 0 radical (unpaired) electrons. The van der Waals surface area contributed by atoms with Gasteiger partial charge in [0.05, 0.1) is 19.8 Å². The van der Waals surface area contributed by atoms with Gasteiger partial charge in [-0.3, -0.25) is 4.79 Å². The number of ether oxygens (including phenoxy) is 2. The molecule has 0 aliphatic carbocycles. The minimum atomic E-state index is 0.525. The van der Waals surface area contributed by atoms with Crippen molar-refractivity contribution >= 4 is 12.4 Å². The number of hydrogen-bond donors (Lipinski definition) is 0. The molecule has 1 aromatic carbocycles. The van der Waals surface area contributed by atoms with Crippen LogP contribution in [0, 0.1) is 0 Å². The molecule has 0 aliphatic rings. The molecule has 1 aromatic rings. The average molecular weight is 206 g/mol. The first kappa shape index (κ1) is 11.3. The van der Waals surface area contributed by atoms with Crippen LogP contribution < -0.4 is 9.47 Å². The van der Waals surface area contributed by atoms with Gasteiger partial charge >= 0.3 is 0 Å². The Bertz CT molecular complexity index is 381. The van der Waals surface area contributed by atoms with Crippen molar-refractivity contribution in [3.05, 3.63) is 29.3 Å². The van der Waals surface area contributed by atoms with Crippen LogP contribution in [0.15, 0.2) is 18.2 Å². The highest BCUT2D eigenvalue weighted by Crippen LogP contribution is 2.28. The third-order valence-corrected chi connectivity index (χ3v) is 2.07. The molecule has 0 amide bonds. The van der Waals surface area contributed by atoms with Gasteiger partial charge in [0.25, 0.3) is 0 Å². The zero-order valence-electron chi connectivity index (χ0n) is 9.11. The summed E-state index contributed by atoms with van der Waals surface area (Å²) in [5.74, 6) is 1.20. The maximum atomic E-state index is 10.9. The van der Waals surface area contributed by atoms with Crippen LogP contribution in [0.1, 0.15) is 22.8 Å². The van der Waals surface area contributed by atoms with E-state index in [1.807, 2.05) is 19.1 Å². The van der Waals surface area contributed by atoms with Crippen molar-refractivity contribution in [3.8, 4) is 11.5 Å². The number of carbonyl (C=O) groups excluding carboxylic acids is 1. The SMILES string of the molecule is CC=Cc1cc(OC)cc(OC)c1C=O. The molecule has 0 saturated carbocycles. The fourth-order valence-electron chi connectivity index (χ4n) is 1.35. The Morgan fingerprint density at radius 3 is 2.40 bits per heavy atom.